The maximum Gasteiger partial charge on any atom is 0.256 e. The molecule has 30 heavy (non-hydrogen) atoms. The Labute approximate surface area is 183 Å². The molecule has 6 heteroatoms. The first kappa shape index (κ1) is 22.3. The zero-order valence-electron chi connectivity index (χ0n) is 17.4. The quantitative estimate of drug-likeness (QED) is 0.679. The van der Waals surface area contributed by atoms with Crippen molar-refractivity contribution < 1.29 is 14.3 Å². The molecule has 1 N–H and O–H groups in total. The van der Waals surface area contributed by atoms with Crippen LogP contribution in [0.4, 0.5) is 0 Å². The van der Waals surface area contributed by atoms with Crippen LogP contribution >= 0.6 is 11.6 Å². The van der Waals surface area contributed by atoms with E-state index in [2.05, 4.69) is 5.32 Å². The average Bonchev–Trinajstić information content (AvgIpc) is 2.78. The molecular formula is C24H29ClN2O3. The standard InChI is InChI=1S/C24H29ClN2O3/c1-30-23(20-7-3-2-4-8-20)24(29)27-14-12-18(13-15-27)10-11-22(28)26-17-19-6-5-9-21(25)16-19/h2-9,16,18,23H,10-15,17H2,1H3,(H,26,28)/t23-/m0/s1. The van der Waals surface area contributed by atoms with Gasteiger partial charge in [0.2, 0.25) is 5.91 Å². The topological polar surface area (TPSA) is 58.6 Å². The van der Waals surface area contributed by atoms with Gasteiger partial charge in [-0.05, 0) is 48.4 Å². The fraction of sp³-hybridized carbons (Fsp3) is 0.417. The molecule has 0 radical (unpaired) electrons. The number of nitrogens with one attached hydrogen (secondary N) is 1. The summed E-state index contributed by atoms with van der Waals surface area (Å²) in [5.74, 6) is 0.530. The monoisotopic (exact) mass is 428 g/mol. The van der Waals surface area contributed by atoms with Gasteiger partial charge < -0.3 is 15.0 Å². The van der Waals surface area contributed by atoms with Crippen molar-refractivity contribution in [1.82, 2.24) is 10.2 Å². The molecule has 1 saturated heterocycles. The molecule has 2 aromatic rings. The van der Waals surface area contributed by atoms with Crippen LogP contribution in [0, 0.1) is 5.92 Å². The number of amides is 2. The fourth-order valence-corrected chi connectivity index (χ4v) is 4.10. The second-order valence-corrected chi connectivity index (χ2v) is 8.18. The fourth-order valence-electron chi connectivity index (χ4n) is 3.89. The molecule has 5 nitrogen and oxygen atoms in total. The summed E-state index contributed by atoms with van der Waals surface area (Å²) in [4.78, 5) is 26.9. The summed E-state index contributed by atoms with van der Waals surface area (Å²) in [5, 5.41) is 3.63. The van der Waals surface area contributed by atoms with Crippen molar-refractivity contribution in [2.45, 2.75) is 38.3 Å². The van der Waals surface area contributed by atoms with E-state index in [9.17, 15) is 9.59 Å². The predicted molar refractivity (Wildman–Crippen MR) is 118 cm³/mol. The van der Waals surface area contributed by atoms with E-state index in [4.69, 9.17) is 16.3 Å². The smallest absolute Gasteiger partial charge is 0.256 e. The Morgan fingerprint density at radius 2 is 1.87 bits per heavy atom. The third-order valence-electron chi connectivity index (χ3n) is 5.65. The van der Waals surface area contributed by atoms with Gasteiger partial charge in [0.05, 0.1) is 0 Å². The summed E-state index contributed by atoms with van der Waals surface area (Å²) in [6, 6.07) is 17.1. The zero-order valence-corrected chi connectivity index (χ0v) is 18.1. The number of carbonyl (C=O) groups excluding carboxylic acids is 2. The molecule has 160 valence electrons. The number of carbonyl (C=O) groups is 2. The minimum atomic E-state index is -0.556. The third kappa shape index (κ3) is 6.31. The lowest BCUT2D eigenvalue weighted by Crippen LogP contribution is -2.41. The van der Waals surface area contributed by atoms with Crippen LogP contribution in [0.5, 0.6) is 0 Å². The van der Waals surface area contributed by atoms with Crippen LogP contribution in [0.15, 0.2) is 54.6 Å². The van der Waals surface area contributed by atoms with Gasteiger partial charge in [-0.1, -0.05) is 54.1 Å². The first-order valence-corrected chi connectivity index (χ1v) is 10.8. The Hall–Kier alpha value is -2.37. The Balaban J connectivity index is 1.40. The SMILES string of the molecule is CO[C@H](C(=O)N1CCC(CCC(=O)NCc2cccc(Cl)c2)CC1)c1ccccc1. The second kappa shape index (κ2) is 11.1. The van der Waals surface area contributed by atoms with Crippen molar-refractivity contribution in [2.75, 3.05) is 20.2 Å². The largest absolute Gasteiger partial charge is 0.367 e. The Morgan fingerprint density at radius 1 is 1.13 bits per heavy atom. The summed E-state index contributed by atoms with van der Waals surface area (Å²) in [6.07, 6.45) is 2.62. The molecule has 0 aliphatic carbocycles. The molecule has 1 heterocycles. The Morgan fingerprint density at radius 3 is 2.53 bits per heavy atom. The molecule has 2 aromatic carbocycles. The first-order chi connectivity index (χ1) is 14.6. The van der Waals surface area contributed by atoms with Crippen LogP contribution < -0.4 is 5.32 Å². The number of hydrogen-bond acceptors (Lipinski definition) is 3. The van der Waals surface area contributed by atoms with Crippen molar-refractivity contribution in [1.29, 1.82) is 0 Å². The summed E-state index contributed by atoms with van der Waals surface area (Å²) >= 11 is 5.97. The molecule has 0 bridgehead atoms. The van der Waals surface area contributed by atoms with Gasteiger partial charge >= 0.3 is 0 Å². The van der Waals surface area contributed by atoms with Crippen molar-refractivity contribution >= 4 is 23.4 Å². The van der Waals surface area contributed by atoms with E-state index in [0.29, 0.717) is 37.0 Å². The molecule has 3 rings (SSSR count). The number of piperidine rings is 1. The van der Waals surface area contributed by atoms with Crippen LogP contribution in [0.1, 0.15) is 42.9 Å². The van der Waals surface area contributed by atoms with Gasteiger partial charge in [0, 0.05) is 38.2 Å². The molecule has 2 amide bonds. The Kier molecular flexibility index (Phi) is 8.29. The number of rotatable bonds is 8. The molecule has 0 saturated carbocycles. The van der Waals surface area contributed by atoms with Crippen LogP contribution in [0.25, 0.3) is 0 Å². The highest BCUT2D eigenvalue weighted by molar-refractivity contribution is 6.30. The highest BCUT2D eigenvalue weighted by Gasteiger charge is 2.29. The molecular weight excluding hydrogens is 400 g/mol. The number of halogens is 1. The van der Waals surface area contributed by atoms with E-state index in [1.54, 1.807) is 7.11 Å². The lowest BCUT2D eigenvalue weighted by atomic mass is 9.91. The molecule has 1 aliphatic rings. The lowest BCUT2D eigenvalue weighted by Gasteiger charge is -2.34. The highest BCUT2D eigenvalue weighted by atomic mass is 35.5. The minimum absolute atomic E-state index is 0.0152. The number of methoxy groups -OCH3 is 1. The van der Waals surface area contributed by atoms with E-state index < -0.39 is 6.10 Å². The van der Waals surface area contributed by atoms with E-state index in [0.717, 1.165) is 30.4 Å². The maximum absolute atomic E-state index is 12.9. The molecule has 0 aromatic heterocycles. The first-order valence-electron chi connectivity index (χ1n) is 10.4. The normalized spacial score (nSPS) is 15.6. The molecule has 0 spiro atoms. The van der Waals surface area contributed by atoms with Gasteiger partial charge in [0.1, 0.15) is 0 Å². The highest BCUT2D eigenvalue weighted by Crippen LogP contribution is 2.26. The lowest BCUT2D eigenvalue weighted by molar-refractivity contribution is -0.144. The maximum atomic E-state index is 12.9. The van der Waals surface area contributed by atoms with Crippen LogP contribution in [-0.4, -0.2) is 36.9 Å². The van der Waals surface area contributed by atoms with Crippen molar-refractivity contribution in [3.05, 3.63) is 70.7 Å². The third-order valence-corrected chi connectivity index (χ3v) is 5.88. The van der Waals surface area contributed by atoms with E-state index in [1.165, 1.54) is 0 Å². The number of ether oxygens (including phenoxy) is 1. The van der Waals surface area contributed by atoms with E-state index >= 15 is 0 Å². The predicted octanol–water partition coefficient (Wildman–Crippen LogP) is 4.36. The van der Waals surface area contributed by atoms with Gasteiger partial charge in [-0.25, -0.2) is 0 Å². The summed E-state index contributed by atoms with van der Waals surface area (Å²) in [5.41, 5.74) is 1.87. The molecule has 0 unspecified atom stereocenters. The van der Waals surface area contributed by atoms with Crippen molar-refractivity contribution in [2.24, 2.45) is 5.92 Å². The van der Waals surface area contributed by atoms with Gasteiger partial charge in [0.25, 0.3) is 5.91 Å². The van der Waals surface area contributed by atoms with Gasteiger partial charge in [-0.2, -0.15) is 0 Å². The number of nitrogens with zero attached hydrogens (tertiary/aromatic N) is 1. The number of hydrogen-bond donors (Lipinski definition) is 1. The van der Waals surface area contributed by atoms with Gasteiger partial charge in [0.15, 0.2) is 6.10 Å². The summed E-state index contributed by atoms with van der Waals surface area (Å²) in [7, 11) is 1.57. The van der Waals surface area contributed by atoms with Crippen LogP contribution in [-0.2, 0) is 20.9 Å². The molecule has 1 fully saturated rings. The van der Waals surface area contributed by atoms with E-state index in [1.807, 2.05) is 59.5 Å². The van der Waals surface area contributed by atoms with Crippen LogP contribution in [0.2, 0.25) is 5.02 Å². The second-order valence-electron chi connectivity index (χ2n) is 7.74. The summed E-state index contributed by atoms with van der Waals surface area (Å²) < 4.78 is 5.48. The van der Waals surface area contributed by atoms with Gasteiger partial charge in [-0.15, -0.1) is 0 Å². The zero-order chi connectivity index (χ0) is 21.3. The summed E-state index contributed by atoms with van der Waals surface area (Å²) in [6.45, 7) is 1.91. The van der Waals surface area contributed by atoms with Crippen molar-refractivity contribution in [3.8, 4) is 0 Å². The average molecular weight is 429 g/mol. The number of likely N-dealkylation sites (tertiary alicyclic amines) is 1. The van der Waals surface area contributed by atoms with Gasteiger partial charge in [-0.3, -0.25) is 9.59 Å². The molecule has 1 atom stereocenters. The number of benzene rings is 2. The molecule has 1 aliphatic heterocycles. The van der Waals surface area contributed by atoms with E-state index in [-0.39, 0.29) is 11.8 Å². The van der Waals surface area contributed by atoms with Crippen LogP contribution in [0.3, 0.4) is 0 Å². The van der Waals surface area contributed by atoms with Crippen molar-refractivity contribution in [3.63, 3.8) is 0 Å². The minimum Gasteiger partial charge on any atom is -0.367 e. The Bertz CT molecular complexity index is 835.